The molecule has 3 heterocycles. The van der Waals surface area contributed by atoms with E-state index in [1.807, 2.05) is 24.4 Å². The number of aromatic nitrogens is 2. The zero-order valence-electron chi connectivity index (χ0n) is 9.01. The third kappa shape index (κ3) is 1.62. The van der Waals surface area contributed by atoms with Gasteiger partial charge in [-0.05, 0) is 24.4 Å². The van der Waals surface area contributed by atoms with E-state index in [4.69, 9.17) is 14.7 Å². The van der Waals surface area contributed by atoms with Crippen LogP contribution >= 0.6 is 11.3 Å². The van der Waals surface area contributed by atoms with Gasteiger partial charge in [0.15, 0.2) is 0 Å². The Hall–Kier alpha value is -2.08. The summed E-state index contributed by atoms with van der Waals surface area (Å²) < 4.78 is 10.4. The minimum atomic E-state index is 0.438. The lowest BCUT2D eigenvalue weighted by atomic mass is 10.2. The summed E-state index contributed by atoms with van der Waals surface area (Å²) in [6.07, 6.45) is 1.60. The van der Waals surface area contributed by atoms with Crippen molar-refractivity contribution in [2.75, 3.05) is 5.73 Å². The maximum absolute atomic E-state index is 5.79. The van der Waals surface area contributed by atoms with Crippen molar-refractivity contribution in [2.45, 2.75) is 6.92 Å². The summed E-state index contributed by atoms with van der Waals surface area (Å²) in [5, 5.41) is 5.81. The van der Waals surface area contributed by atoms with Crippen molar-refractivity contribution in [1.82, 2.24) is 10.1 Å². The summed E-state index contributed by atoms with van der Waals surface area (Å²) >= 11 is 1.47. The summed E-state index contributed by atoms with van der Waals surface area (Å²) in [5.74, 6) is 1.71. The second-order valence-electron chi connectivity index (χ2n) is 3.52. The average molecular weight is 247 g/mol. The van der Waals surface area contributed by atoms with Gasteiger partial charge in [0, 0.05) is 0 Å². The Morgan fingerprint density at radius 1 is 1.35 bits per heavy atom. The highest BCUT2D eigenvalue weighted by atomic mass is 32.1. The normalized spacial score (nSPS) is 10.9. The van der Waals surface area contributed by atoms with E-state index in [-0.39, 0.29) is 0 Å². The van der Waals surface area contributed by atoms with Crippen LogP contribution < -0.4 is 5.73 Å². The molecule has 0 aromatic carbocycles. The minimum absolute atomic E-state index is 0.438. The van der Waals surface area contributed by atoms with Gasteiger partial charge in [-0.3, -0.25) is 0 Å². The van der Waals surface area contributed by atoms with Crippen LogP contribution in [0.15, 0.2) is 32.7 Å². The van der Waals surface area contributed by atoms with E-state index >= 15 is 0 Å². The second kappa shape index (κ2) is 3.74. The van der Waals surface area contributed by atoms with Gasteiger partial charge in [-0.1, -0.05) is 5.16 Å². The van der Waals surface area contributed by atoms with Gasteiger partial charge in [-0.25, -0.2) is 0 Å². The maximum atomic E-state index is 5.79. The van der Waals surface area contributed by atoms with E-state index in [1.165, 1.54) is 11.3 Å². The zero-order valence-corrected chi connectivity index (χ0v) is 9.82. The highest BCUT2D eigenvalue weighted by Crippen LogP contribution is 2.32. The fourth-order valence-corrected chi connectivity index (χ4v) is 2.27. The first kappa shape index (κ1) is 10.1. The number of furan rings is 1. The number of nitrogens with two attached hydrogens (primary N) is 1. The molecule has 0 aliphatic carbocycles. The number of nitrogen functional groups attached to an aromatic ring is 1. The average Bonchev–Trinajstić information content (AvgIpc) is 2.97. The van der Waals surface area contributed by atoms with Crippen LogP contribution in [0.25, 0.3) is 22.2 Å². The molecule has 0 aliphatic rings. The first-order valence-corrected chi connectivity index (χ1v) is 5.85. The van der Waals surface area contributed by atoms with Crippen molar-refractivity contribution in [2.24, 2.45) is 0 Å². The molecule has 17 heavy (non-hydrogen) atoms. The van der Waals surface area contributed by atoms with E-state index in [9.17, 15) is 0 Å². The van der Waals surface area contributed by atoms with E-state index in [0.717, 1.165) is 16.2 Å². The van der Waals surface area contributed by atoms with Gasteiger partial charge >= 0.3 is 0 Å². The summed E-state index contributed by atoms with van der Waals surface area (Å²) in [7, 11) is 0. The lowest BCUT2D eigenvalue weighted by molar-refractivity contribution is 0.433. The van der Waals surface area contributed by atoms with Crippen molar-refractivity contribution in [3.8, 4) is 22.2 Å². The van der Waals surface area contributed by atoms with E-state index < -0.39 is 0 Å². The molecular formula is C11H9N3O2S. The van der Waals surface area contributed by atoms with E-state index in [2.05, 4.69) is 10.1 Å². The maximum Gasteiger partial charge on any atom is 0.270 e. The van der Waals surface area contributed by atoms with Crippen LogP contribution in [0, 0.1) is 6.92 Å². The predicted octanol–water partition coefficient (Wildman–Crippen LogP) is 2.95. The van der Waals surface area contributed by atoms with Gasteiger partial charge in [0.25, 0.3) is 5.89 Å². The van der Waals surface area contributed by atoms with Crippen molar-refractivity contribution in [3.05, 3.63) is 29.5 Å². The van der Waals surface area contributed by atoms with Gasteiger partial charge in [0.1, 0.15) is 10.6 Å². The fourth-order valence-electron chi connectivity index (χ4n) is 1.54. The molecule has 0 radical (unpaired) electrons. The van der Waals surface area contributed by atoms with Crippen LogP contribution in [0.5, 0.6) is 0 Å². The molecule has 0 fully saturated rings. The van der Waals surface area contributed by atoms with Crippen molar-refractivity contribution >= 4 is 17.0 Å². The zero-order chi connectivity index (χ0) is 11.8. The first-order valence-electron chi connectivity index (χ1n) is 4.97. The molecule has 0 atom stereocenters. The molecule has 5 nitrogen and oxygen atoms in total. The molecule has 0 saturated carbocycles. The third-order valence-electron chi connectivity index (χ3n) is 2.42. The fraction of sp³-hybridized carbons (Fsp3) is 0.0909. The molecule has 86 valence electrons. The van der Waals surface area contributed by atoms with Crippen LogP contribution in [0.1, 0.15) is 5.76 Å². The van der Waals surface area contributed by atoms with Crippen LogP contribution in [0.4, 0.5) is 5.69 Å². The van der Waals surface area contributed by atoms with Crippen LogP contribution in [0.3, 0.4) is 0 Å². The van der Waals surface area contributed by atoms with Crippen molar-refractivity contribution < 1.29 is 8.94 Å². The highest BCUT2D eigenvalue weighted by molar-refractivity contribution is 7.14. The molecule has 3 aromatic heterocycles. The van der Waals surface area contributed by atoms with Crippen molar-refractivity contribution in [3.63, 3.8) is 0 Å². The van der Waals surface area contributed by atoms with Gasteiger partial charge in [0.2, 0.25) is 5.82 Å². The quantitative estimate of drug-likeness (QED) is 0.753. The summed E-state index contributed by atoms with van der Waals surface area (Å²) in [4.78, 5) is 5.11. The summed E-state index contributed by atoms with van der Waals surface area (Å²) in [6, 6.07) is 3.62. The van der Waals surface area contributed by atoms with Gasteiger partial charge < -0.3 is 14.7 Å². The van der Waals surface area contributed by atoms with E-state index in [0.29, 0.717) is 17.4 Å². The van der Waals surface area contributed by atoms with Crippen molar-refractivity contribution in [1.29, 1.82) is 0 Å². The third-order valence-corrected chi connectivity index (χ3v) is 3.33. The number of hydrogen-bond donors (Lipinski definition) is 1. The minimum Gasteiger partial charge on any atom is -0.469 e. The monoisotopic (exact) mass is 247 g/mol. The van der Waals surface area contributed by atoms with Crippen LogP contribution in [-0.4, -0.2) is 10.1 Å². The Kier molecular flexibility index (Phi) is 2.22. The van der Waals surface area contributed by atoms with Gasteiger partial charge in [-0.2, -0.15) is 4.98 Å². The number of rotatable bonds is 2. The van der Waals surface area contributed by atoms with Gasteiger partial charge in [-0.15, -0.1) is 11.3 Å². The lowest BCUT2D eigenvalue weighted by Gasteiger charge is -1.89. The molecule has 6 heteroatoms. The molecule has 0 spiro atoms. The molecular weight excluding hydrogens is 238 g/mol. The number of thiophene rings is 1. The summed E-state index contributed by atoms with van der Waals surface area (Å²) in [6.45, 7) is 1.85. The molecule has 3 rings (SSSR count). The number of aryl methyl sites for hydroxylation is 1. The molecule has 0 saturated heterocycles. The predicted molar refractivity (Wildman–Crippen MR) is 64.5 cm³/mol. The molecule has 0 bridgehead atoms. The smallest absolute Gasteiger partial charge is 0.270 e. The van der Waals surface area contributed by atoms with E-state index in [1.54, 1.807) is 6.26 Å². The largest absolute Gasteiger partial charge is 0.469 e. The lowest BCUT2D eigenvalue weighted by Crippen LogP contribution is -1.84. The Balaban J connectivity index is 2.05. The molecule has 0 amide bonds. The standard InChI is InChI=1S/C11H9N3O2S/c1-6-7(2-4-15-6)10-13-11(16-14-10)9-8(12)3-5-17-9/h2-5H,12H2,1H3. The topological polar surface area (TPSA) is 78.1 Å². The number of hydrogen-bond acceptors (Lipinski definition) is 6. The Morgan fingerprint density at radius 2 is 2.24 bits per heavy atom. The number of nitrogens with zero attached hydrogens (tertiary/aromatic N) is 2. The molecule has 0 aliphatic heterocycles. The highest BCUT2D eigenvalue weighted by Gasteiger charge is 2.16. The summed E-state index contributed by atoms with van der Waals surface area (Å²) in [5.41, 5.74) is 7.27. The van der Waals surface area contributed by atoms with Gasteiger partial charge in [0.05, 0.1) is 17.5 Å². The Labute approximate surface area is 101 Å². The Bertz CT molecular complexity index is 598. The second-order valence-corrected chi connectivity index (χ2v) is 4.43. The Morgan fingerprint density at radius 3 is 2.88 bits per heavy atom. The molecule has 3 aromatic rings. The SMILES string of the molecule is Cc1occc1-c1noc(-c2sccc2N)n1. The first-order chi connectivity index (χ1) is 8.25. The molecule has 0 unspecified atom stereocenters. The molecule has 2 N–H and O–H groups in total. The van der Waals surface area contributed by atoms with Crippen LogP contribution in [-0.2, 0) is 0 Å². The van der Waals surface area contributed by atoms with Crippen LogP contribution in [0.2, 0.25) is 0 Å². The number of anilines is 1.